The zero-order valence-corrected chi connectivity index (χ0v) is 11.3. The summed E-state index contributed by atoms with van der Waals surface area (Å²) in [5, 5.41) is 9.25. The SMILES string of the molecule is O=C1OCC[C@@H]1Sc1nnc2c(Cl)cc(Cl)cn12. The molecular weight excluding hydrogens is 297 g/mol. The molecule has 1 saturated heterocycles. The van der Waals surface area contributed by atoms with E-state index in [2.05, 4.69) is 10.2 Å². The topological polar surface area (TPSA) is 56.5 Å². The Balaban J connectivity index is 1.99. The van der Waals surface area contributed by atoms with Crippen LogP contribution < -0.4 is 0 Å². The molecule has 0 radical (unpaired) electrons. The zero-order chi connectivity index (χ0) is 12.7. The molecule has 0 amide bonds. The molecule has 2 aromatic rings. The fraction of sp³-hybridized carbons (Fsp3) is 0.300. The second-order valence-corrected chi connectivity index (χ2v) is 5.76. The number of hydrogen-bond donors (Lipinski definition) is 0. The lowest BCUT2D eigenvalue weighted by Gasteiger charge is -2.04. The van der Waals surface area contributed by atoms with E-state index in [0.29, 0.717) is 33.9 Å². The maximum atomic E-state index is 11.4. The number of hydrogen-bond acceptors (Lipinski definition) is 5. The van der Waals surface area contributed by atoms with Gasteiger partial charge in [-0.2, -0.15) is 0 Å². The third kappa shape index (κ3) is 2.04. The molecule has 0 spiro atoms. The summed E-state index contributed by atoms with van der Waals surface area (Å²) in [6.07, 6.45) is 2.35. The first kappa shape index (κ1) is 12.1. The molecule has 1 fully saturated rings. The Hall–Kier alpha value is -0.980. The number of halogens is 2. The summed E-state index contributed by atoms with van der Waals surface area (Å²) in [7, 11) is 0. The molecule has 18 heavy (non-hydrogen) atoms. The van der Waals surface area contributed by atoms with Gasteiger partial charge < -0.3 is 4.74 Å². The Morgan fingerprint density at radius 1 is 1.44 bits per heavy atom. The van der Waals surface area contributed by atoms with Crippen molar-refractivity contribution < 1.29 is 9.53 Å². The highest BCUT2D eigenvalue weighted by atomic mass is 35.5. The molecule has 0 N–H and O–H groups in total. The van der Waals surface area contributed by atoms with Crippen molar-refractivity contribution in [2.24, 2.45) is 0 Å². The molecule has 1 aliphatic heterocycles. The van der Waals surface area contributed by atoms with Crippen molar-refractivity contribution in [3.05, 3.63) is 22.3 Å². The first-order valence-corrected chi connectivity index (χ1v) is 6.82. The summed E-state index contributed by atoms with van der Waals surface area (Å²) in [6, 6.07) is 1.60. The van der Waals surface area contributed by atoms with Gasteiger partial charge in [0.1, 0.15) is 5.25 Å². The number of ether oxygens (including phenoxy) is 1. The fourth-order valence-corrected chi connectivity index (χ4v) is 3.18. The van der Waals surface area contributed by atoms with E-state index in [1.165, 1.54) is 11.8 Å². The van der Waals surface area contributed by atoms with Crippen LogP contribution in [-0.4, -0.2) is 32.4 Å². The summed E-state index contributed by atoms with van der Waals surface area (Å²) in [5.74, 6) is -0.218. The van der Waals surface area contributed by atoms with Gasteiger partial charge in [0, 0.05) is 12.6 Å². The van der Waals surface area contributed by atoms with Crippen molar-refractivity contribution in [3.8, 4) is 0 Å². The molecule has 0 aromatic carbocycles. The largest absolute Gasteiger partial charge is 0.465 e. The van der Waals surface area contributed by atoms with Crippen LogP contribution in [0.25, 0.3) is 5.65 Å². The predicted octanol–water partition coefficient (Wildman–Crippen LogP) is 2.44. The molecule has 2 aromatic heterocycles. The fourth-order valence-electron chi connectivity index (χ4n) is 1.69. The predicted molar refractivity (Wildman–Crippen MR) is 68.2 cm³/mol. The summed E-state index contributed by atoms with van der Waals surface area (Å²) in [6.45, 7) is 0.453. The average molecular weight is 304 g/mol. The van der Waals surface area contributed by atoms with Crippen molar-refractivity contribution in [2.45, 2.75) is 16.8 Å². The van der Waals surface area contributed by atoms with Gasteiger partial charge in [-0.3, -0.25) is 9.20 Å². The van der Waals surface area contributed by atoms with Crippen LogP contribution in [0.1, 0.15) is 6.42 Å². The zero-order valence-electron chi connectivity index (χ0n) is 8.97. The van der Waals surface area contributed by atoms with E-state index in [1.807, 2.05) is 0 Å². The third-order valence-electron chi connectivity index (χ3n) is 2.53. The molecule has 0 aliphatic carbocycles. The van der Waals surface area contributed by atoms with Crippen LogP contribution in [0.4, 0.5) is 0 Å². The van der Waals surface area contributed by atoms with Gasteiger partial charge in [-0.1, -0.05) is 35.0 Å². The van der Waals surface area contributed by atoms with Crippen LogP contribution in [-0.2, 0) is 9.53 Å². The highest BCUT2D eigenvalue weighted by Gasteiger charge is 2.29. The maximum absolute atomic E-state index is 11.4. The second-order valence-electron chi connectivity index (χ2n) is 3.75. The van der Waals surface area contributed by atoms with Crippen molar-refractivity contribution in [2.75, 3.05) is 6.61 Å². The molecule has 5 nitrogen and oxygen atoms in total. The lowest BCUT2D eigenvalue weighted by Crippen LogP contribution is -2.10. The van der Waals surface area contributed by atoms with Gasteiger partial charge in [0.2, 0.25) is 0 Å². The molecular formula is C10H7Cl2N3O2S. The highest BCUT2D eigenvalue weighted by Crippen LogP contribution is 2.30. The summed E-state index contributed by atoms with van der Waals surface area (Å²) >= 11 is 13.3. The smallest absolute Gasteiger partial charge is 0.319 e. The number of fused-ring (bicyclic) bond motifs is 1. The Labute approximate surface area is 116 Å². The number of nitrogens with zero attached hydrogens (tertiary/aromatic N) is 3. The molecule has 8 heteroatoms. The Morgan fingerprint density at radius 3 is 3.00 bits per heavy atom. The standard InChI is InChI=1S/C10H7Cl2N3O2S/c11-5-3-6(12)8-13-14-10(15(8)4-5)18-7-1-2-17-9(7)16/h3-4,7H,1-2H2/t7-/m0/s1. The lowest BCUT2D eigenvalue weighted by molar-refractivity contribution is -0.137. The lowest BCUT2D eigenvalue weighted by atomic mass is 10.4. The second kappa shape index (κ2) is 4.60. The molecule has 3 rings (SSSR count). The molecule has 94 valence electrons. The number of pyridine rings is 1. The molecule has 0 saturated carbocycles. The van der Waals surface area contributed by atoms with Gasteiger partial charge in [0.05, 0.1) is 16.7 Å². The first-order valence-electron chi connectivity index (χ1n) is 5.18. The van der Waals surface area contributed by atoms with Crippen LogP contribution in [0, 0.1) is 0 Å². The normalized spacial score (nSPS) is 19.4. The Bertz CT molecular complexity index is 631. The van der Waals surface area contributed by atoms with Crippen LogP contribution >= 0.6 is 35.0 Å². The highest BCUT2D eigenvalue weighted by molar-refractivity contribution is 8.00. The summed E-state index contributed by atoms with van der Waals surface area (Å²) in [4.78, 5) is 11.4. The van der Waals surface area contributed by atoms with Crippen molar-refractivity contribution in [1.82, 2.24) is 14.6 Å². The molecule has 0 unspecified atom stereocenters. The van der Waals surface area contributed by atoms with Gasteiger partial charge in [-0.25, -0.2) is 0 Å². The minimum Gasteiger partial charge on any atom is -0.465 e. The van der Waals surface area contributed by atoms with Gasteiger partial charge in [-0.15, -0.1) is 10.2 Å². The minimum atomic E-state index is -0.241. The van der Waals surface area contributed by atoms with E-state index < -0.39 is 0 Å². The summed E-state index contributed by atoms with van der Waals surface area (Å²) < 4.78 is 6.59. The number of carbonyl (C=O) groups is 1. The van der Waals surface area contributed by atoms with Crippen LogP contribution in [0.5, 0.6) is 0 Å². The number of thioether (sulfide) groups is 1. The monoisotopic (exact) mass is 303 g/mol. The third-order valence-corrected chi connectivity index (χ3v) is 4.22. The van der Waals surface area contributed by atoms with Gasteiger partial charge in [0.15, 0.2) is 10.8 Å². The Kier molecular flexibility index (Phi) is 3.09. The van der Waals surface area contributed by atoms with Crippen molar-refractivity contribution >= 4 is 46.6 Å². The molecule has 1 atom stereocenters. The van der Waals surface area contributed by atoms with Crippen LogP contribution in [0.2, 0.25) is 10.0 Å². The minimum absolute atomic E-state index is 0.218. The molecule has 3 heterocycles. The molecule has 1 aliphatic rings. The van der Waals surface area contributed by atoms with E-state index in [0.717, 1.165) is 0 Å². The molecule has 0 bridgehead atoms. The van der Waals surface area contributed by atoms with Gasteiger partial charge in [-0.05, 0) is 6.07 Å². The summed E-state index contributed by atoms with van der Waals surface area (Å²) in [5.41, 5.74) is 0.523. The quantitative estimate of drug-likeness (QED) is 0.798. The van der Waals surface area contributed by atoms with Crippen LogP contribution in [0.15, 0.2) is 17.4 Å². The van der Waals surface area contributed by atoms with Gasteiger partial charge >= 0.3 is 5.97 Å². The number of carbonyl (C=O) groups excluding carboxylic acids is 1. The number of aromatic nitrogens is 3. The average Bonchev–Trinajstić information content (AvgIpc) is 2.88. The Morgan fingerprint density at radius 2 is 2.28 bits per heavy atom. The van der Waals surface area contributed by atoms with Crippen molar-refractivity contribution in [3.63, 3.8) is 0 Å². The van der Waals surface area contributed by atoms with E-state index >= 15 is 0 Å². The number of cyclic esters (lactones) is 1. The van der Waals surface area contributed by atoms with E-state index in [1.54, 1.807) is 16.7 Å². The van der Waals surface area contributed by atoms with Crippen LogP contribution in [0.3, 0.4) is 0 Å². The number of esters is 1. The van der Waals surface area contributed by atoms with Crippen molar-refractivity contribution in [1.29, 1.82) is 0 Å². The van der Waals surface area contributed by atoms with Gasteiger partial charge in [0.25, 0.3) is 0 Å². The first-order chi connectivity index (χ1) is 8.65. The van der Waals surface area contributed by atoms with E-state index in [4.69, 9.17) is 27.9 Å². The van der Waals surface area contributed by atoms with E-state index in [-0.39, 0.29) is 11.2 Å². The maximum Gasteiger partial charge on any atom is 0.319 e. The van der Waals surface area contributed by atoms with E-state index in [9.17, 15) is 4.79 Å². The number of rotatable bonds is 2.